The zero-order chi connectivity index (χ0) is 6.91. The maximum absolute atomic E-state index is 8.65. The Bertz CT molecular complexity index is 149. The highest BCUT2D eigenvalue weighted by Gasteiger charge is 2.34. The van der Waals surface area contributed by atoms with Crippen LogP contribution in [0, 0.1) is 17.2 Å². The summed E-state index contributed by atoms with van der Waals surface area (Å²) in [5.74, 6) is 0.726. The van der Waals surface area contributed by atoms with Crippen molar-refractivity contribution in [1.82, 2.24) is 0 Å². The average Bonchev–Trinajstić information content (AvgIpc) is 2.13. The lowest BCUT2D eigenvalue weighted by Crippen LogP contribution is -2.11. The minimum absolute atomic E-state index is 0.174. The second kappa shape index (κ2) is 2.30. The Hall–Kier alpha value is -0.0300. The Morgan fingerprint density at radius 3 is 2.67 bits per heavy atom. The number of hydrogen-bond donors (Lipinski definition) is 0. The van der Waals surface area contributed by atoms with Gasteiger partial charge in [-0.2, -0.15) is 5.26 Å². The third kappa shape index (κ3) is 1.46. The van der Waals surface area contributed by atoms with Gasteiger partial charge in [-0.1, -0.05) is 22.9 Å². The highest BCUT2D eigenvalue weighted by Crippen LogP contribution is 2.40. The zero-order valence-electron chi connectivity index (χ0n) is 5.52. The van der Waals surface area contributed by atoms with Crippen molar-refractivity contribution >= 4 is 15.9 Å². The van der Waals surface area contributed by atoms with E-state index < -0.39 is 0 Å². The van der Waals surface area contributed by atoms with E-state index in [9.17, 15) is 0 Å². The first-order chi connectivity index (χ1) is 4.16. The van der Waals surface area contributed by atoms with Crippen molar-refractivity contribution in [2.24, 2.45) is 5.92 Å². The van der Waals surface area contributed by atoms with Gasteiger partial charge in [-0.15, -0.1) is 0 Å². The maximum atomic E-state index is 8.65. The maximum Gasteiger partial charge on any atom is 0.112 e. The van der Waals surface area contributed by atoms with E-state index in [1.165, 1.54) is 6.42 Å². The first kappa shape index (κ1) is 7.08. The summed E-state index contributed by atoms with van der Waals surface area (Å²) < 4.78 is -0.174. The van der Waals surface area contributed by atoms with Crippen LogP contribution in [0.1, 0.15) is 26.2 Å². The molecule has 2 heteroatoms. The van der Waals surface area contributed by atoms with Crippen LogP contribution in [0.4, 0.5) is 0 Å². The van der Waals surface area contributed by atoms with E-state index in [2.05, 4.69) is 28.9 Å². The van der Waals surface area contributed by atoms with Crippen molar-refractivity contribution in [2.45, 2.75) is 30.5 Å². The monoisotopic (exact) mass is 187 g/mol. The second-order valence-electron chi connectivity index (χ2n) is 2.93. The van der Waals surface area contributed by atoms with E-state index in [1.807, 2.05) is 0 Å². The molecule has 0 heterocycles. The summed E-state index contributed by atoms with van der Waals surface area (Å²) in [6, 6.07) is 2.29. The van der Waals surface area contributed by atoms with Gasteiger partial charge in [-0.05, 0) is 25.2 Å². The molecule has 0 aliphatic heterocycles. The molecule has 2 atom stereocenters. The van der Waals surface area contributed by atoms with Crippen LogP contribution < -0.4 is 0 Å². The molecule has 0 N–H and O–H groups in total. The van der Waals surface area contributed by atoms with Crippen molar-refractivity contribution in [2.75, 3.05) is 0 Å². The molecule has 9 heavy (non-hydrogen) atoms. The fourth-order valence-corrected chi connectivity index (χ4v) is 2.11. The first-order valence-corrected chi connectivity index (χ1v) is 4.06. The molecule has 0 radical (unpaired) electrons. The Kier molecular flexibility index (Phi) is 1.81. The number of alkyl halides is 1. The summed E-state index contributed by atoms with van der Waals surface area (Å²) in [5, 5.41) is 8.65. The van der Waals surface area contributed by atoms with Gasteiger partial charge in [0, 0.05) is 0 Å². The number of nitrogens with zero attached hydrogens (tertiary/aromatic N) is 1. The molecule has 1 aliphatic rings. The standard InChI is InChI=1S/C7H10BrN/c1-6-2-3-7(8,4-6)5-9/h6H,2-4H2,1H3. The average molecular weight is 188 g/mol. The normalized spacial score (nSPS) is 42.6. The molecular formula is C7H10BrN. The number of halogens is 1. The molecule has 50 valence electrons. The molecule has 0 aromatic heterocycles. The number of nitriles is 1. The molecule has 1 rings (SSSR count). The first-order valence-electron chi connectivity index (χ1n) is 3.26. The minimum Gasteiger partial charge on any atom is -0.197 e. The van der Waals surface area contributed by atoms with Crippen LogP contribution in [0.3, 0.4) is 0 Å². The van der Waals surface area contributed by atoms with E-state index in [1.54, 1.807) is 0 Å². The van der Waals surface area contributed by atoms with Gasteiger partial charge in [-0.3, -0.25) is 0 Å². The summed E-state index contributed by atoms with van der Waals surface area (Å²) in [6.07, 6.45) is 3.23. The van der Waals surface area contributed by atoms with E-state index in [0.717, 1.165) is 18.8 Å². The van der Waals surface area contributed by atoms with Gasteiger partial charge in [0.05, 0.1) is 6.07 Å². The van der Waals surface area contributed by atoms with E-state index >= 15 is 0 Å². The predicted octanol–water partition coefficient (Wildman–Crippen LogP) is 2.46. The van der Waals surface area contributed by atoms with Crippen LogP contribution in [0.5, 0.6) is 0 Å². The topological polar surface area (TPSA) is 23.8 Å². The molecule has 0 saturated heterocycles. The van der Waals surface area contributed by atoms with Crippen LogP contribution in [0.25, 0.3) is 0 Å². The molecule has 0 amide bonds. The van der Waals surface area contributed by atoms with Crippen LogP contribution in [-0.2, 0) is 0 Å². The lowest BCUT2D eigenvalue weighted by molar-refractivity contribution is 0.604. The van der Waals surface area contributed by atoms with Gasteiger partial charge in [0.25, 0.3) is 0 Å². The summed E-state index contributed by atoms with van der Waals surface area (Å²) in [7, 11) is 0. The predicted molar refractivity (Wildman–Crippen MR) is 40.3 cm³/mol. The van der Waals surface area contributed by atoms with Gasteiger partial charge < -0.3 is 0 Å². The molecule has 0 aromatic rings. The third-order valence-electron chi connectivity index (χ3n) is 1.91. The molecule has 1 aliphatic carbocycles. The quantitative estimate of drug-likeness (QED) is 0.535. The van der Waals surface area contributed by atoms with Crippen LogP contribution in [0.2, 0.25) is 0 Å². The Labute approximate surface area is 64.2 Å². The van der Waals surface area contributed by atoms with Crippen LogP contribution in [-0.4, -0.2) is 4.32 Å². The summed E-state index contributed by atoms with van der Waals surface area (Å²) in [6.45, 7) is 2.19. The fourth-order valence-electron chi connectivity index (χ4n) is 1.33. The lowest BCUT2D eigenvalue weighted by atomic mass is 10.1. The zero-order valence-corrected chi connectivity index (χ0v) is 7.11. The minimum atomic E-state index is -0.174. The smallest absolute Gasteiger partial charge is 0.112 e. The van der Waals surface area contributed by atoms with Gasteiger partial charge >= 0.3 is 0 Å². The summed E-state index contributed by atoms with van der Waals surface area (Å²) in [5.41, 5.74) is 0. The SMILES string of the molecule is CC1CCC(Br)(C#N)C1. The van der Waals surface area contributed by atoms with Crippen molar-refractivity contribution in [3.05, 3.63) is 0 Å². The molecule has 2 unspecified atom stereocenters. The van der Waals surface area contributed by atoms with Gasteiger partial charge in [0.2, 0.25) is 0 Å². The number of rotatable bonds is 0. The van der Waals surface area contributed by atoms with E-state index in [4.69, 9.17) is 5.26 Å². The van der Waals surface area contributed by atoms with Crippen molar-refractivity contribution < 1.29 is 0 Å². The largest absolute Gasteiger partial charge is 0.197 e. The highest BCUT2D eigenvalue weighted by molar-refractivity contribution is 9.10. The molecule has 1 saturated carbocycles. The molecule has 0 bridgehead atoms. The number of hydrogen-bond acceptors (Lipinski definition) is 1. The Morgan fingerprint density at radius 1 is 1.78 bits per heavy atom. The van der Waals surface area contributed by atoms with Crippen LogP contribution >= 0.6 is 15.9 Å². The van der Waals surface area contributed by atoms with Crippen LogP contribution in [0.15, 0.2) is 0 Å². The fraction of sp³-hybridized carbons (Fsp3) is 0.857. The van der Waals surface area contributed by atoms with E-state index in [-0.39, 0.29) is 4.32 Å². The van der Waals surface area contributed by atoms with Gasteiger partial charge in [-0.25, -0.2) is 0 Å². The second-order valence-corrected chi connectivity index (χ2v) is 4.44. The molecule has 0 aromatic carbocycles. The third-order valence-corrected chi connectivity index (χ3v) is 2.80. The molecule has 1 nitrogen and oxygen atoms in total. The van der Waals surface area contributed by atoms with Crippen molar-refractivity contribution in [1.29, 1.82) is 5.26 Å². The summed E-state index contributed by atoms with van der Waals surface area (Å²) >= 11 is 3.42. The molecule has 0 spiro atoms. The summed E-state index contributed by atoms with van der Waals surface area (Å²) in [4.78, 5) is 0. The Morgan fingerprint density at radius 2 is 2.44 bits per heavy atom. The highest BCUT2D eigenvalue weighted by atomic mass is 79.9. The lowest BCUT2D eigenvalue weighted by Gasteiger charge is -2.08. The molecule has 1 fully saturated rings. The van der Waals surface area contributed by atoms with Gasteiger partial charge in [0.15, 0.2) is 0 Å². The Balaban J connectivity index is 2.58. The van der Waals surface area contributed by atoms with E-state index in [0.29, 0.717) is 0 Å². The molecular weight excluding hydrogens is 178 g/mol. The van der Waals surface area contributed by atoms with Gasteiger partial charge in [0.1, 0.15) is 4.32 Å². The van der Waals surface area contributed by atoms with Crippen molar-refractivity contribution in [3.8, 4) is 6.07 Å². The van der Waals surface area contributed by atoms with Crippen molar-refractivity contribution in [3.63, 3.8) is 0 Å².